The van der Waals surface area contributed by atoms with Crippen LogP contribution in [-0.4, -0.2) is 48.2 Å². The minimum Gasteiger partial charge on any atom is -0.507 e. The summed E-state index contributed by atoms with van der Waals surface area (Å²) in [6.45, 7) is 4.05. The van der Waals surface area contributed by atoms with Gasteiger partial charge in [-0.05, 0) is 51.3 Å². The minimum atomic E-state index is -1.15. The maximum absolute atomic E-state index is 15.3. The fraction of sp³-hybridized carbons (Fsp3) is 0.440. The number of aryl methyl sites for hydroxylation is 1. The highest BCUT2D eigenvalue weighted by Crippen LogP contribution is 2.42. The monoisotopic (exact) mass is 465 g/mol. The first-order valence-corrected chi connectivity index (χ1v) is 11.5. The number of benzene rings is 1. The normalized spacial score (nSPS) is 28.5. The van der Waals surface area contributed by atoms with Crippen molar-refractivity contribution < 1.29 is 14.2 Å². The van der Waals surface area contributed by atoms with Gasteiger partial charge in [-0.25, -0.2) is 9.37 Å². The number of halogens is 1. The number of aromatic hydroxyl groups is 1. The van der Waals surface area contributed by atoms with Crippen LogP contribution < -0.4 is 15.6 Å². The zero-order chi connectivity index (χ0) is 24.1. The molecular formula is C25H28FN5O3. The number of nitrogens with one attached hydrogen (secondary N) is 1. The molecule has 9 heteroatoms. The van der Waals surface area contributed by atoms with Crippen LogP contribution in [0.2, 0.25) is 0 Å². The number of hydrogen-bond donors (Lipinski definition) is 2. The second kappa shape index (κ2) is 8.16. The average molecular weight is 466 g/mol. The average Bonchev–Trinajstić information content (AvgIpc) is 2.79. The number of phenols is 1. The van der Waals surface area contributed by atoms with Crippen molar-refractivity contribution in [1.82, 2.24) is 25.1 Å². The number of aromatic nitrogens is 4. The van der Waals surface area contributed by atoms with Gasteiger partial charge in [-0.15, -0.1) is 10.2 Å². The lowest BCUT2D eigenvalue weighted by Gasteiger charge is -2.54. The van der Waals surface area contributed by atoms with Gasteiger partial charge in [0.05, 0.1) is 23.3 Å². The van der Waals surface area contributed by atoms with Crippen molar-refractivity contribution >= 4 is 0 Å². The zero-order valence-corrected chi connectivity index (χ0v) is 19.5. The van der Waals surface area contributed by atoms with Crippen LogP contribution in [0.4, 0.5) is 4.39 Å². The van der Waals surface area contributed by atoms with Gasteiger partial charge >= 0.3 is 0 Å². The van der Waals surface area contributed by atoms with Crippen molar-refractivity contribution in [2.75, 3.05) is 0 Å². The lowest BCUT2D eigenvalue weighted by Crippen LogP contribution is -2.71. The van der Waals surface area contributed by atoms with Gasteiger partial charge in [-0.3, -0.25) is 4.79 Å². The number of ether oxygens (including phenoxy) is 1. The summed E-state index contributed by atoms with van der Waals surface area (Å²) in [6, 6.07) is 9.73. The Morgan fingerprint density at radius 1 is 1.15 bits per heavy atom. The maximum atomic E-state index is 15.3. The van der Waals surface area contributed by atoms with E-state index in [2.05, 4.69) is 27.4 Å². The van der Waals surface area contributed by atoms with Crippen molar-refractivity contribution in [3.05, 3.63) is 53.1 Å². The molecule has 0 amide bonds. The molecule has 4 atom stereocenters. The quantitative estimate of drug-likeness (QED) is 0.609. The molecule has 0 aliphatic carbocycles. The fourth-order valence-corrected chi connectivity index (χ4v) is 5.29. The molecular weight excluding hydrogens is 437 g/mol. The van der Waals surface area contributed by atoms with Crippen LogP contribution >= 0.6 is 0 Å². The van der Waals surface area contributed by atoms with Crippen molar-refractivity contribution in [2.24, 2.45) is 7.05 Å². The van der Waals surface area contributed by atoms with Crippen molar-refractivity contribution in [3.8, 4) is 34.1 Å². The molecule has 0 radical (unpaired) electrons. The van der Waals surface area contributed by atoms with Gasteiger partial charge in [0.15, 0.2) is 6.17 Å². The third-order valence-corrected chi connectivity index (χ3v) is 7.06. The summed E-state index contributed by atoms with van der Waals surface area (Å²) in [6.07, 6.45) is 3.01. The van der Waals surface area contributed by atoms with Gasteiger partial charge in [0.25, 0.3) is 5.56 Å². The van der Waals surface area contributed by atoms with Gasteiger partial charge in [-0.1, -0.05) is 6.07 Å². The Labute approximate surface area is 196 Å². The predicted octanol–water partition coefficient (Wildman–Crippen LogP) is 3.39. The van der Waals surface area contributed by atoms with E-state index in [4.69, 9.17) is 4.74 Å². The van der Waals surface area contributed by atoms with E-state index in [1.54, 1.807) is 31.3 Å². The lowest BCUT2D eigenvalue weighted by molar-refractivity contribution is -0.0626. The summed E-state index contributed by atoms with van der Waals surface area (Å²) in [5, 5.41) is 22.4. The van der Waals surface area contributed by atoms with Crippen LogP contribution in [0.15, 0.2) is 47.5 Å². The van der Waals surface area contributed by atoms with Crippen LogP contribution in [0.3, 0.4) is 0 Å². The molecule has 3 aromatic rings. The Hall–Kier alpha value is -3.33. The zero-order valence-electron chi connectivity index (χ0n) is 19.5. The molecule has 8 nitrogen and oxygen atoms in total. The molecule has 2 saturated heterocycles. The van der Waals surface area contributed by atoms with E-state index in [-0.39, 0.29) is 22.7 Å². The minimum absolute atomic E-state index is 0.0150. The predicted molar refractivity (Wildman–Crippen MR) is 125 cm³/mol. The first-order chi connectivity index (χ1) is 16.2. The molecule has 0 spiro atoms. The van der Waals surface area contributed by atoms with E-state index >= 15 is 4.39 Å². The van der Waals surface area contributed by atoms with E-state index in [0.717, 1.165) is 19.3 Å². The molecule has 1 aromatic carbocycles. The molecule has 2 fully saturated rings. The number of fused-ring (bicyclic) bond motifs is 2. The highest BCUT2D eigenvalue weighted by molar-refractivity contribution is 5.72. The van der Waals surface area contributed by atoms with E-state index in [1.165, 1.54) is 23.0 Å². The second-order valence-electron chi connectivity index (χ2n) is 9.93. The Morgan fingerprint density at radius 3 is 2.68 bits per heavy atom. The van der Waals surface area contributed by atoms with Gasteiger partial charge in [0.2, 0.25) is 5.88 Å². The number of piperidine rings is 2. The molecule has 2 N–H and O–H groups in total. The smallest absolute Gasteiger partial charge is 0.253 e. The molecule has 2 aliphatic rings. The third-order valence-electron chi connectivity index (χ3n) is 7.06. The summed E-state index contributed by atoms with van der Waals surface area (Å²) < 4.78 is 22.6. The Morgan fingerprint density at radius 2 is 1.97 bits per heavy atom. The van der Waals surface area contributed by atoms with Crippen molar-refractivity contribution in [1.29, 1.82) is 0 Å². The van der Waals surface area contributed by atoms with Crippen LogP contribution in [0.25, 0.3) is 22.5 Å². The number of rotatable bonds is 4. The summed E-state index contributed by atoms with van der Waals surface area (Å²) in [5.74, 6) is 0.239. The molecule has 2 aromatic heterocycles. The van der Waals surface area contributed by atoms with Crippen LogP contribution in [0.5, 0.6) is 11.6 Å². The first-order valence-electron chi connectivity index (χ1n) is 11.5. The molecule has 178 valence electrons. The SMILES string of the molecule is Cn1cnc(-c2ccc(-c3ccc(O[C@@H]4C[C@@]5(C)CCC[C@](C)(N5)[C@@H]4F)nn3)c(O)c2)cc1=O. The van der Waals surface area contributed by atoms with Crippen LogP contribution in [0, 0.1) is 0 Å². The van der Waals surface area contributed by atoms with E-state index in [9.17, 15) is 9.90 Å². The summed E-state index contributed by atoms with van der Waals surface area (Å²) >= 11 is 0. The van der Waals surface area contributed by atoms with Crippen LogP contribution in [0.1, 0.15) is 39.5 Å². The highest BCUT2D eigenvalue weighted by atomic mass is 19.1. The van der Waals surface area contributed by atoms with Crippen molar-refractivity contribution in [2.45, 2.75) is 62.9 Å². The van der Waals surface area contributed by atoms with Gasteiger partial charge in [0, 0.05) is 42.3 Å². The van der Waals surface area contributed by atoms with Gasteiger partial charge < -0.3 is 19.7 Å². The molecule has 0 unspecified atom stereocenters. The Balaban J connectivity index is 1.34. The lowest BCUT2D eigenvalue weighted by atomic mass is 9.69. The number of alkyl halides is 1. The molecule has 2 bridgehead atoms. The highest BCUT2D eigenvalue weighted by Gasteiger charge is 2.53. The van der Waals surface area contributed by atoms with Gasteiger partial charge in [0.1, 0.15) is 11.9 Å². The molecule has 34 heavy (non-hydrogen) atoms. The standard InChI is InChI=1S/C25H28FN5O3/c1-24-9-4-10-25(2,30-24)23(26)20(13-24)34-21-8-7-17(28-29-21)16-6-5-15(11-19(16)32)18-12-22(33)31(3)14-27-18/h5-8,11-12,14,20,23,30,32H,4,9-10,13H2,1-3H3/t20-,23-,24-,25+/m1/s1. The van der Waals surface area contributed by atoms with E-state index in [0.29, 0.717) is 28.9 Å². The number of hydrogen-bond acceptors (Lipinski definition) is 7. The van der Waals surface area contributed by atoms with E-state index in [1.807, 2.05) is 6.92 Å². The van der Waals surface area contributed by atoms with Crippen molar-refractivity contribution in [3.63, 3.8) is 0 Å². The van der Waals surface area contributed by atoms with Crippen LogP contribution in [-0.2, 0) is 7.05 Å². The Bertz CT molecular complexity index is 1280. The fourth-order valence-electron chi connectivity index (χ4n) is 5.29. The largest absolute Gasteiger partial charge is 0.507 e. The Kier molecular flexibility index (Phi) is 5.39. The van der Waals surface area contributed by atoms with E-state index < -0.39 is 17.8 Å². The maximum Gasteiger partial charge on any atom is 0.253 e. The summed E-state index contributed by atoms with van der Waals surface area (Å²) in [7, 11) is 1.62. The summed E-state index contributed by atoms with van der Waals surface area (Å²) in [4.78, 5) is 16.1. The molecule has 5 rings (SSSR count). The number of nitrogens with zero attached hydrogens (tertiary/aromatic N) is 4. The first kappa shape index (κ1) is 22.5. The molecule has 2 aliphatic heterocycles. The number of phenolic OH excluding ortho intramolecular Hbond substituents is 1. The second-order valence-corrected chi connectivity index (χ2v) is 9.93. The molecule has 0 saturated carbocycles. The topological polar surface area (TPSA) is 102 Å². The third kappa shape index (κ3) is 4.04. The summed E-state index contributed by atoms with van der Waals surface area (Å²) in [5.41, 5.74) is 1.06. The van der Waals surface area contributed by atoms with Gasteiger partial charge in [-0.2, -0.15) is 0 Å². The molecule has 4 heterocycles.